The second-order valence-electron chi connectivity index (χ2n) is 4.03. The first kappa shape index (κ1) is 14.4. The van der Waals surface area contributed by atoms with E-state index >= 15 is 0 Å². The number of amides is 1. The van der Waals surface area contributed by atoms with Crippen LogP contribution in [0, 0.1) is 0 Å². The van der Waals surface area contributed by atoms with Gasteiger partial charge in [0.15, 0.2) is 0 Å². The molecule has 1 atom stereocenters. The number of hydrogen-bond donors (Lipinski definition) is 3. The molecule has 1 amide bonds. The van der Waals surface area contributed by atoms with E-state index in [4.69, 9.17) is 5.73 Å². The minimum absolute atomic E-state index is 0.0371. The minimum atomic E-state index is -0.498. The molecule has 15 heavy (non-hydrogen) atoms. The Morgan fingerprint density at radius 2 is 1.93 bits per heavy atom. The summed E-state index contributed by atoms with van der Waals surface area (Å²) in [5.41, 5.74) is 5.21. The van der Waals surface area contributed by atoms with Gasteiger partial charge in [0.1, 0.15) is 0 Å². The largest absolute Gasteiger partial charge is 0.394 e. The lowest BCUT2D eigenvalue weighted by Crippen LogP contribution is -2.55. The highest BCUT2D eigenvalue weighted by Crippen LogP contribution is 2.14. The fourth-order valence-electron chi connectivity index (χ4n) is 1.49. The minimum Gasteiger partial charge on any atom is -0.394 e. The molecule has 0 spiro atoms. The van der Waals surface area contributed by atoms with E-state index in [2.05, 4.69) is 5.32 Å². The molecule has 0 radical (unpaired) electrons. The highest BCUT2D eigenvalue weighted by atomic mass is 16.3. The average Bonchev–Trinajstić information content (AvgIpc) is 2.26. The summed E-state index contributed by atoms with van der Waals surface area (Å²) >= 11 is 0. The van der Waals surface area contributed by atoms with Gasteiger partial charge in [0.25, 0.3) is 0 Å². The Bertz CT molecular complexity index is 183. The van der Waals surface area contributed by atoms with E-state index < -0.39 is 11.6 Å². The van der Waals surface area contributed by atoms with Crippen LogP contribution in [0.25, 0.3) is 0 Å². The quantitative estimate of drug-likeness (QED) is 0.588. The monoisotopic (exact) mass is 216 g/mol. The zero-order chi connectivity index (χ0) is 11.9. The molecule has 0 aromatic rings. The van der Waals surface area contributed by atoms with Crippen LogP contribution < -0.4 is 11.1 Å². The summed E-state index contributed by atoms with van der Waals surface area (Å²) in [5, 5.41) is 12.1. The third kappa shape index (κ3) is 4.18. The van der Waals surface area contributed by atoms with Crippen molar-refractivity contribution in [1.29, 1.82) is 0 Å². The number of aliphatic hydroxyl groups excluding tert-OH is 1. The first-order valence-corrected chi connectivity index (χ1v) is 5.73. The predicted molar refractivity (Wildman–Crippen MR) is 61.4 cm³/mol. The second-order valence-corrected chi connectivity index (χ2v) is 4.03. The fourth-order valence-corrected chi connectivity index (χ4v) is 1.49. The lowest BCUT2D eigenvalue weighted by Gasteiger charge is -2.31. The molecule has 0 aliphatic rings. The highest BCUT2D eigenvalue weighted by Gasteiger charge is 2.28. The van der Waals surface area contributed by atoms with Crippen molar-refractivity contribution in [3.8, 4) is 0 Å². The van der Waals surface area contributed by atoms with Crippen molar-refractivity contribution in [3.63, 3.8) is 0 Å². The standard InChI is InChI=1S/C11H24N2O2/c1-4-7-9(12)10(15)13-11(5-2,6-3)8-14/h9,14H,4-8,12H2,1-3H3,(H,13,15)/t9-/m0/s1. The number of nitrogens with two attached hydrogens (primary N) is 1. The summed E-state index contributed by atoms with van der Waals surface area (Å²) in [7, 11) is 0. The summed E-state index contributed by atoms with van der Waals surface area (Å²) < 4.78 is 0. The molecule has 4 N–H and O–H groups in total. The van der Waals surface area contributed by atoms with Gasteiger partial charge in [-0.05, 0) is 19.3 Å². The Labute approximate surface area is 92.2 Å². The summed E-state index contributed by atoms with van der Waals surface area (Å²) in [5.74, 6) is -0.158. The number of aliphatic hydroxyl groups is 1. The SMILES string of the molecule is CCC[C@H](N)C(=O)NC(CC)(CC)CO. The Hall–Kier alpha value is -0.610. The van der Waals surface area contributed by atoms with Gasteiger partial charge in [-0.15, -0.1) is 0 Å². The van der Waals surface area contributed by atoms with E-state index in [0.29, 0.717) is 19.3 Å². The smallest absolute Gasteiger partial charge is 0.237 e. The van der Waals surface area contributed by atoms with Crippen molar-refractivity contribution in [3.05, 3.63) is 0 Å². The first-order chi connectivity index (χ1) is 7.05. The molecule has 0 aromatic carbocycles. The molecule has 0 bridgehead atoms. The maximum atomic E-state index is 11.7. The van der Waals surface area contributed by atoms with Crippen LogP contribution in [0.1, 0.15) is 46.5 Å². The zero-order valence-corrected chi connectivity index (χ0v) is 10.0. The Balaban J connectivity index is 4.34. The van der Waals surface area contributed by atoms with Crippen molar-refractivity contribution < 1.29 is 9.90 Å². The molecule has 0 heterocycles. The molecule has 90 valence electrons. The van der Waals surface area contributed by atoms with Gasteiger partial charge in [0, 0.05) is 0 Å². The van der Waals surface area contributed by atoms with E-state index in [0.717, 1.165) is 6.42 Å². The van der Waals surface area contributed by atoms with Crippen LogP contribution in [-0.4, -0.2) is 29.2 Å². The van der Waals surface area contributed by atoms with E-state index in [1.54, 1.807) is 0 Å². The normalized spacial score (nSPS) is 13.7. The van der Waals surface area contributed by atoms with E-state index in [1.165, 1.54) is 0 Å². The molecular formula is C11H24N2O2. The third-order valence-electron chi connectivity index (χ3n) is 2.98. The number of carbonyl (C=O) groups is 1. The van der Waals surface area contributed by atoms with Gasteiger partial charge < -0.3 is 16.2 Å². The van der Waals surface area contributed by atoms with Gasteiger partial charge in [0.05, 0.1) is 18.2 Å². The Morgan fingerprint density at radius 3 is 2.27 bits per heavy atom. The van der Waals surface area contributed by atoms with E-state index in [1.807, 2.05) is 20.8 Å². The molecule has 4 nitrogen and oxygen atoms in total. The van der Waals surface area contributed by atoms with E-state index in [-0.39, 0.29) is 12.5 Å². The Morgan fingerprint density at radius 1 is 1.40 bits per heavy atom. The summed E-state index contributed by atoms with van der Waals surface area (Å²) in [4.78, 5) is 11.7. The van der Waals surface area contributed by atoms with Crippen LogP contribution in [0.3, 0.4) is 0 Å². The molecule has 0 fully saturated rings. The van der Waals surface area contributed by atoms with Crippen LogP contribution in [0.2, 0.25) is 0 Å². The number of rotatable bonds is 7. The van der Waals surface area contributed by atoms with Gasteiger partial charge in [0.2, 0.25) is 5.91 Å². The molecule has 0 rings (SSSR count). The molecular weight excluding hydrogens is 192 g/mol. The van der Waals surface area contributed by atoms with Gasteiger partial charge >= 0.3 is 0 Å². The van der Waals surface area contributed by atoms with Crippen LogP contribution in [0.5, 0.6) is 0 Å². The summed E-state index contributed by atoms with van der Waals surface area (Å²) in [6.07, 6.45) is 2.99. The fraction of sp³-hybridized carbons (Fsp3) is 0.909. The van der Waals surface area contributed by atoms with Crippen molar-refractivity contribution in [2.75, 3.05) is 6.61 Å². The summed E-state index contributed by atoms with van der Waals surface area (Å²) in [6.45, 7) is 5.85. The molecule has 0 saturated carbocycles. The topological polar surface area (TPSA) is 75.4 Å². The lowest BCUT2D eigenvalue weighted by molar-refractivity contribution is -0.125. The second kappa shape index (κ2) is 6.80. The first-order valence-electron chi connectivity index (χ1n) is 5.73. The number of hydrogen-bond acceptors (Lipinski definition) is 3. The van der Waals surface area contributed by atoms with E-state index in [9.17, 15) is 9.90 Å². The maximum Gasteiger partial charge on any atom is 0.237 e. The Kier molecular flexibility index (Phi) is 6.52. The number of nitrogens with one attached hydrogen (secondary N) is 1. The van der Waals surface area contributed by atoms with Crippen LogP contribution in [0.15, 0.2) is 0 Å². The molecule has 0 aliphatic heterocycles. The zero-order valence-electron chi connectivity index (χ0n) is 10.0. The van der Waals surface area contributed by atoms with Gasteiger partial charge in [-0.1, -0.05) is 27.2 Å². The molecule has 0 saturated heterocycles. The predicted octanol–water partition coefficient (Wildman–Crippen LogP) is 0.781. The van der Waals surface area contributed by atoms with Crippen molar-refractivity contribution >= 4 is 5.91 Å². The molecule has 0 aromatic heterocycles. The highest BCUT2D eigenvalue weighted by molar-refractivity contribution is 5.82. The molecule has 0 unspecified atom stereocenters. The van der Waals surface area contributed by atoms with Gasteiger partial charge in [-0.2, -0.15) is 0 Å². The number of carbonyl (C=O) groups excluding carboxylic acids is 1. The maximum absolute atomic E-state index is 11.7. The van der Waals surface area contributed by atoms with Crippen molar-refractivity contribution in [2.24, 2.45) is 5.73 Å². The van der Waals surface area contributed by atoms with Crippen LogP contribution in [0.4, 0.5) is 0 Å². The molecule has 4 heteroatoms. The van der Waals surface area contributed by atoms with Gasteiger partial charge in [-0.3, -0.25) is 4.79 Å². The average molecular weight is 216 g/mol. The molecule has 0 aliphatic carbocycles. The van der Waals surface area contributed by atoms with Crippen molar-refractivity contribution in [2.45, 2.75) is 58.0 Å². The third-order valence-corrected chi connectivity index (χ3v) is 2.98. The van der Waals surface area contributed by atoms with Crippen LogP contribution in [-0.2, 0) is 4.79 Å². The van der Waals surface area contributed by atoms with Gasteiger partial charge in [-0.25, -0.2) is 0 Å². The van der Waals surface area contributed by atoms with Crippen LogP contribution >= 0.6 is 0 Å². The van der Waals surface area contributed by atoms with Crippen molar-refractivity contribution in [1.82, 2.24) is 5.32 Å². The summed E-state index contributed by atoms with van der Waals surface area (Å²) in [6, 6.07) is -0.459. The lowest BCUT2D eigenvalue weighted by atomic mass is 9.93.